The molecule has 0 unspecified atom stereocenters. The van der Waals surface area contributed by atoms with Crippen LogP contribution in [0.3, 0.4) is 0 Å². The number of benzene rings is 1. The molecular formula is C21H20N4O. The Hall–Kier alpha value is -3.21. The van der Waals surface area contributed by atoms with Crippen molar-refractivity contribution >= 4 is 17.5 Å². The highest BCUT2D eigenvalue weighted by Crippen LogP contribution is 2.33. The topological polar surface area (TPSA) is 66.9 Å². The Kier molecular flexibility index (Phi) is 3.92. The molecule has 5 nitrogen and oxygen atoms in total. The molecule has 0 aliphatic carbocycles. The molecule has 0 radical (unpaired) electrons. The predicted molar refractivity (Wildman–Crippen MR) is 103 cm³/mol. The second kappa shape index (κ2) is 6.26. The fraction of sp³-hybridized carbons (Fsp3) is 0.190. The van der Waals surface area contributed by atoms with Gasteiger partial charge in [0, 0.05) is 29.9 Å². The van der Waals surface area contributed by atoms with Gasteiger partial charge in [-0.3, -0.25) is 4.79 Å². The van der Waals surface area contributed by atoms with Gasteiger partial charge in [0.05, 0.1) is 0 Å². The first-order valence-corrected chi connectivity index (χ1v) is 8.60. The Morgan fingerprint density at radius 1 is 0.962 bits per heavy atom. The highest BCUT2D eigenvalue weighted by molar-refractivity contribution is 5.98. The zero-order valence-corrected chi connectivity index (χ0v) is 14.8. The van der Waals surface area contributed by atoms with Crippen molar-refractivity contribution in [2.24, 2.45) is 0 Å². The number of anilines is 2. The van der Waals surface area contributed by atoms with Crippen LogP contribution in [0.4, 0.5) is 11.6 Å². The van der Waals surface area contributed by atoms with E-state index >= 15 is 0 Å². The quantitative estimate of drug-likeness (QED) is 0.756. The van der Waals surface area contributed by atoms with Crippen molar-refractivity contribution in [1.29, 1.82) is 0 Å². The molecule has 0 spiro atoms. The summed E-state index contributed by atoms with van der Waals surface area (Å²) in [6, 6.07) is 15.7. The van der Waals surface area contributed by atoms with E-state index in [1.54, 1.807) is 12.4 Å². The number of pyridine rings is 2. The first-order chi connectivity index (χ1) is 12.5. The average molecular weight is 344 g/mol. The predicted octanol–water partition coefficient (Wildman–Crippen LogP) is 3.91. The van der Waals surface area contributed by atoms with Crippen LogP contribution in [0.1, 0.15) is 29.8 Å². The van der Waals surface area contributed by atoms with Gasteiger partial charge in [0.25, 0.3) is 5.91 Å². The molecule has 3 heterocycles. The van der Waals surface area contributed by atoms with E-state index in [0.717, 1.165) is 33.9 Å². The third-order valence-electron chi connectivity index (χ3n) is 4.70. The molecule has 2 N–H and O–H groups in total. The van der Waals surface area contributed by atoms with Gasteiger partial charge < -0.3 is 10.6 Å². The van der Waals surface area contributed by atoms with E-state index in [4.69, 9.17) is 0 Å². The summed E-state index contributed by atoms with van der Waals surface area (Å²) in [7, 11) is 0. The second-order valence-corrected chi connectivity index (χ2v) is 7.10. The summed E-state index contributed by atoms with van der Waals surface area (Å²) in [5.74, 6) is 1.48. The van der Waals surface area contributed by atoms with E-state index in [1.807, 2.05) is 42.5 Å². The van der Waals surface area contributed by atoms with Crippen molar-refractivity contribution in [1.82, 2.24) is 15.3 Å². The maximum absolute atomic E-state index is 12.1. The van der Waals surface area contributed by atoms with Crippen LogP contribution in [0.2, 0.25) is 0 Å². The minimum Gasteiger partial charge on any atom is -0.351 e. The summed E-state index contributed by atoms with van der Waals surface area (Å²) >= 11 is 0. The number of nitrogens with zero attached hydrogens (tertiary/aromatic N) is 2. The van der Waals surface area contributed by atoms with Gasteiger partial charge in [-0.25, -0.2) is 9.97 Å². The van der Waals surface area contributed by atoms with Gasteiger partial charge in [-0.1, -0.05) is 26.0 Å². The monoisotopic (exact) mass is 344 g/mol. The molecule has 3 aromatic rings. The van der Waals surface area contributed by atoms with E-state index in [1.165, 1.54) is 0 Å². The molecular weight excluding hydrogens is 324 g/mol. The van der Waals surface area contributed by atoms with E-state index in [9.17, 15) is 4.79 Å². The zero-order valence-electron chi connectivity index (χ0n) is 14.8. The highest BCUT2D eigenvalue weighted by Gasteiger charge is 2.31. The van der Waals surface area contributed by atoms with Crippen molar-refractivity contribution in [2.45, 2.75) is 19.3 Å². The van der Waals surface area contributed by atoms with Gasteiger partial charge in [-0.15, -0.1) is 0 Å². The lowest BCUT2D eigenvalue weighted by molar-refractivity contribution is 0.0930. The Balaban J connectivity index is 1.70. The van der Waals surface area contributed by atoms with Crippen LogP contribution in [0, 0.1) is 0 Å². The Bertz CT molecular complexity index is 967. The molecule has 0 atom stereocenters. The first-order valence-electron chi connectivity index (χ1n) is 8.60. The van der Waals surface area contributed by atoms with Crippen molar-refractivity contribution < 1.29 is 4.79 Å². The SMILES string of the molecule is CC1(C)CNC(=O)c2ccc(-c3ccnc(Nc4ccccn4)c3)cc21. The smallest absolute Gasteiger partial charge is 0.251 e. The molecule has 0 bridgehead atoms. The van der Waals surface area contributed by atoms with Crippen molar-refractivity contribution in [3.8, 4) is 11.1 Å². The molecule has 0 saturated heterocycles. The summed E-state index contributed by atoms with van der Waals surface area (Å²) in [6.45, 7) is 4.94. The lowest BCUT2D eigenvalue weighted by Crippen LogP contribution is -2.43. The van der Waals surface area contributed by atoms with E-state index < -0.39 is 0 Å². The Labute approximate surface area is 152 Å². The molecule has 1 amide bonds. The van der Waals surface area contributed by atoms with Gasteiger partial charge in [-0.2, -0.15) is 0 Å². The summed E-state index contributed by atoms with van der Waals surface area (Å²) in [5, 5.41) is 6.17. The molecule has 130 valence electrons. The third-order valence-corrected chi connectivity index (χ3v) is 4.70. The lowest BCUT2D eigenvalue weighted by atomic mass is 9.78. The number of aromatic nitrogens is 2. The minimum absolute atomic E-state index is 0.00175. The molecule has 1 aromatic carbocycles. The Morgan fingerprint density at radius 2 is 1.77 bits per heavy atom. The number of carbonyl (C=O) groups excluding carboxylic acids is 1. The lowest BCUT2D eigenvalue weighted by Gasteiger charge is -2.32. The normalized spacial score (nSPS) is 15.1. The fourth-order valence-electron chi connectivity index (χ4n) is 3.22. The van der Waals surface area contributed by atoms with E-state index in [-0.39, 0.29) is 11.3 Å². The highest BCUT2D eigenvalue weighted by atomic mass is 16.1. The molecule has 2 aromatic heterocycles. The summed E-state index contributed by atoms with van der Waals surface area (Å²) in [6.07, 6.45) is 3.51. The summed E-state index contributed by atoms with van der Waals surface area (Å²) in [4.78, 5) is 20.8. The van der Waals surface area contributed by atoms with Crippen LogP contribution < -0.4 is 10.6 Å². The number of hydrogen-bond acceptors (Lipinski definition) is 4. The van der Waals surface area contributed by atoms with Crippen LogP contribution >= 0.6 is 0 Å². The second-order valence-electron chi connectivity index (χ2n) is 7.10. The average Bonchev–Trinajstić information content (AvgIpc) is 2.66. The molecule has 1 aliphatic rings. The van der Waals surface area contributed by atoms with E-state index in [2.05, 4.69) is 40.5 Å². The van der Waals surface area contributed by atoms with Crippen molar-refractivity contribution in [2.75, 3.05) is 11.9 Å². The van der Waals surface area contributed by atoms with Crippen molar-refractivity contribution in [3.63, 3.8) is 0 Å². The van der Waals surface area contributed by atoms with Crippen LogP contribution in [0.5, 0.6) is 0 Å². The summed E-state index contributed by atoms with van der Waals surface area (Å²) in [5.41, 5.74) is 3.85. The zero-order chi connectivity index (χ0) is 18.1. The standard InChI is InChI=1S/C21H20N4O/c1-21(2)13-24-20(26)16-7-6-14(11-17(16)21)15-8-10-23-19(12-15)25-18-5-3-4-9-22-18/h3-12H,13H2,1-2H3,(H,24,26)(H,22,23,25). The summed E-state index contributed by atoms with van der Waals surface area (Å²) < 4.78 is 0. The largest absolute Gasteiger partial charge is 0.351 e. The van der Waals surface area contributed by atoms with Crippen LogP contribution in [0.25, 0.3) is 11.1 Å². The molecule has 0 fully saturated rings. The molecule has 1 aliphatic heterocycles. The first kappa shape index (κ1) is 16.3. The maximum Gasteiger partial charge on any atom is 0.251 e. The molecule has 5 heteroatoms. The number of amides is 1. The minimum atomic E-state index is -0.0959. The van der Waals surface area contributed by atoms with Crippen molar-refractivity contribution in [3.05, 3.63) is 72.1 Å². The van der Waals surface area contributed by atoms with Crippen LogP contribution in [0.15, 0.2) is 60.9 Å². The number of fused-ring (bicyclic) bond motifs is 1. The maximum atomic E-state index is 12.1. The number of rotatable bonds is 3. The Morgan fingerprint density at radius 3 is 2.58 bits per heavy atom. The van der Waals surface area contributed by atoms with Gasteiger partial charge >= 0.3 is 0 Å². The molecule has 26 heavy (non-hydrogen) atoms. The van der Waals surface area contributed by atoms with Gasteiger partial charge in [0.1, 0.15) is 11.6 Å². The van der Waals surface area contributed by atoms with E-state index in [0.29, 0.717) is 6.54 Å². The van der Waals surface area contributed by atoms with Crippen LogP contribution in [-0.2, 0) is 5.41 Å². The number of hydrogen-bond donors (Lipinski definition) is 2. The number of nitrogens with one attached hydrogen (secondary N) is 2. The van der Waals surface area contributed by atoms with Gasteiger partial charge in [0.2, 0.25) is 0 Å². The number of carbonyl (C=O) groups is 1. The molecule has 4 rings (SSSR count). The van der Waals surface area contributed by atoms with Crippen LogP contribution in [-0.4, -0.2) is 22.4 Å². The van der Waals surface area contributed by atoms with Gasteiger partial charge in [0.15, 0.2) is 0 Å². The molecule has 0 saturated carbocycles. The van der Waals surface area contributed by atoms with Gasteiger partial charge in [-0.05, 0) is 53.1 Å². The third kappa shape index (κ3) is 3.04. The fourth-order valence-corrected chi connectivity index (χ4v) is 3.22.